The highest BCUT2D eigenvalue weighted by Crippen LogP contribution is 2.24. The van der Waals surface area contributed by atoms with E-state index in [2.05, 4.69) is 32.5 Å². The fourth-order valence-electron chi connectivity index (χ4n) is 2.99. The molecule has 4 rings (SSSR count). The van der Waals surface area contributed by atoms with Crippen LogP contribution in [0.25, 0.3) is 0 Å². The molecule has 7 nitrogen and oxygen atoms in total. The molecule has 0 aliphatic carbocycles. The van der Waals surface area contributed by atoms with Crippen LogP contribution in [0.15, 0.2) is 65.1 Å². The summed E-state index contributed by atoms with van der Waals surface area (Å²) < 4.78 is 5.22. The number of benzene rings is 1. The summed E-state index contributed by atoms with van der Waals surface area (Å²) in [7, 11) is 0. The molecule has 1 aromatic heterocycles. The zero-order valence-electron chi connectivity index (χ0n) is 16.2. The molecule has 1 aromatic carbocycles. The van der Waals surface area contributed by atoms with E-state index in [4.69, 9.17) is 4.74 Å². The Morgan fingerprint density at radius 3 is 2.90 bits per heavy atom. The highest BCUT2D eigenvalue weighted by molar-refractivity contribution is 6.36. The molecular weight excluding hydrogens is 366 g/mol. The average molecular weight is 389 g/mol. The fraction of sp³-hybridized carbons (Fsp3) is 0.273. The summed E-state index contributed by atoms with van der Waals surface area (Å²) >= 11 is 0. The third kappa shape index (κ3) is 4.75. The summed E-state index contributed by atoms with van der Waals surface area (Å²) in [5.41, 5.74) is 4.37. The SMILES string of the molecule is CC(NC=CN=C1C=NC1)c1cccc(NC(=O)c2cncc(C3COC3)c2)c1. The van der Waals surface area contributed by atoms with Crippen LogP contribution in [0.2, 0.25) is 0 Å². The van der Waals surface area contributed by atoms with Gasteiger partial charge in [-0.3, -0.25) is 19.8 Å². The van der Waals surface area contributed by atoms with E-state index in [1.54, 1.807) is 24.8 Å². The highest BCUT2D eigenvalue weighted by atomic mass is 16.5. The molecule has 1 fully saturated rings. The minimum absolute atomic E-state index is 0.0713. The zero-order chi connectivity index (χ0) is 20.1. The molecule has 2 N–H and O–H groups in total. The number of aromatic nitrogens is 1. The van der Waals surface area contributed by atoms with Crippen molar-refractivity contribution in [2.75, 3.05) is 25.1 Å². The lowest BCUT2D eigenvalue weighted by Gasteiger charge is -2.26. The van der Waals surface area contributed by atoms with Crippen LogP contribution in [-0.4, -0.2) is 42.6 Å². The molecule has 3 heterocycles. The first kappa shape index (κ1) is 19.0. The number of anilines is 1. The molecule has 2 aliphatic rings. The van der Waals surface area contributed by atoms with Gasteiger partial charge in [-0.2, -0.15) is 0 Å². The first-order chi connectivity index (χ1) is 14.2. The van der Waals surface area contributed by atoms with Crippen molar-refractivity contribution in [1.29, 1.82) is 0 Å². The average Bonchev–Trinajstić information content (AvgIpc) is 2.65. The number of hydrogen-bond acceptors (Lipinski definition) is 6. The van der Waals surface area contributed by atoms with Crippen molar-refractivity contribution in [3.63, 3.8) is 0 Å². The number of carbonyl (C=O) groups is 1. The molecule has 0 saturated carbocycles. The Kier molecular flexibility index (Phi) is 5.76. The van der Waals surface area contributed by atoms with Crippen LogP contribution in [0.1, 0.15) is 40.4 Å². The monoisotopic (exact) mass is 389 g/mol. The van der Waals surface area contributed by atoms with E-state index in [0.29, 0.717) is 31.2 Å². The standard InChI is InChI=1S/C22H23N5O2/c1-15(25-5-6-26-21-11-24-12-21)16-3-2-4-20(8-16)27-22(28)18-7-17(9-23-10-18)19-13-29-14-19/h2-11,15,19,25H,12-14H2,1H3,(H,27,28). The third-order valence-corrected chi connectivity index (χ3v) is 4.93. The van der Waals surface area contributed by atoms with Crippen molar-refractivity contribution in [3.05, 3.63) is 71.8 Å². The molecular formula is C22H23N5O2. The highest BCUT2D eigenvalue weighted by Gasteiger charge is 2.21. The van der Waals surface area contributed by atoms with Gasteiger partial charge in [-0.25, -0.2) is 0 Å². The van der Waals surface area contributed by atoms with E-state index in [1.807, 2.05) is 36.5 Å². The van der Waals surface area contributed by atoms with E-state index >= 15 is 0 Å². The Labute approximate surface area is 169 Å². The van der Waals surface area contributed by atoms with Crippen molar-refractivity contribution in [1.82, 2.24) is 10.3 Å². The van der Waals surface area contributed by atoms with Gasteiger partial charge in [-0.1, -0.05) is 12.1 Å². The second-order valence-electron chi connectivity index (χ2n) is 7.12. The molecule has 0 radical (unpaired) electrons. The number of carbonyl (C=O) groups excluding carboxylic acids is 1. The fourth-order valence-corrected chi connectivity index (χ4v) is 2.99. The summed E-state index contributed by atoms with van der Waals surface area (Å²) in [6.45, 7) is 4.12. The molecule has 0 spiro atoms. The number of ether oxygens (including phenoxy) is 1. The molecule has 0 bridgehead atoms. The van der Waals surface area contributed by atoms with Gasteiger partial charge in [0.05, 0.1) is 31.0 Å². The number of rotatable bonds is 7. The lowest BCUT2D eigenvalue weighted by molar-refractivity contribution is 0.00826. The largest absolute Gasteiger partial charge is 0.383 e. The summed E-state index contributed by atoms with van der Waals surface area (Å²) in [6, 6.07) is 9.75. The molecule has 1 unspecified atom stereocenters. The Hall–Kier alpha value is -3.32. The van der Waals surface area contributed by atoms with Crippen molar-refractivity contribution in [2.24, 2.45) is 9.98 Å². The summed E-state index contributed by atoms with van der Waals surface area (Å²) in [6.07, 6.45) is 8.69. The van der Waals surface area contributed by atoms with Crippen molar-refractivity contribution < 1.29 is 9.53 Å². The number of amides is 1. The molecule has 2 aromatic rings. The topological polar surface area (TPSA) is 88.0 Å². The maximum absolute atomic E-state index is 12.7. The maximum atomic E-state index is 12.7. The third-order valence-electron chi connectivity index (χ3n) is 4.93. The van der Waals surface area contributed by atoms with E-state index in [0.717, 1.165) is 22.5 Å². The van der Waals surface area contributed by atoms with Crippen molar-refractivity contribution in [3.8, 4) is 0 Å². The summed E-state index contributed by atoms with van der Waals surface area (Å²) in [5, 5.41) is 6.24. The normalized spacial score (nSPS) is 18.3. The number of aliphatic imine (C=N–C) groups is 2. The second kappa shape index (κ2) is 8.79. The molecule has 2 aliphatic heterocycles. The van der Waals surface area contributed by atoms with Crippen LogP contribution in [0, 0.1) is 0 Å². The molecule has 1 amide bonds. The van der Waals surface area contributed by atoms with Gasteiger partial charge in [0.15, 0.2) is 0 Å². The minimum Gasteiger partial charge on any atom is -0.383 e. The Morgan fingerprint density at radius 1 is 1.31 bits per heavy atom. The Balaban J connectivity index is 1.37. The van der Waals surface area contributed by atoms with E-state index in [-0.39, 0.29) is 11.9 Å². The Bertz CT molecular complexity index is 979. The second-order valence-corrected chi connectivity index (χ2v) is 7.12. The van der Waals surface area contributed by atoms with Crippen LogP contribution >= 0.6 is 0 Å². The minimum atomic E-state index is -0.171. The van der Waals surface area contributed by atoms with Gasteiger partial charge >= 0.3 is 0 Å². The zero-order valence-corrected chi connectivity index (χ0v) is 16.2. The van der Waals surface area contributed by atoms with Gasteiger partial charge in [0, 0.05) is 48.7 Å². The van der Waals surface area contributed by atoms with Gasteiger partial charge in [-0.15, -0.1) is 0 Å². The molecule has 148 valence electrons. The first-order valence-corrected chi connectivity index (χ1v) is 9.60. The lowest BCUT2D eigenvalue weighted by atomic mass is 9.98. The van der Waals surface area contributed by atoms with E-state index < -0.39 is 0 Å². The molecule has 1 atom stereocenters. The summed E-state index contributed by atoms with van der Waals surface area (Å²) in [4.78, 5) is 25.1. The molecule has 7 heteroatoms. The predicted molar refractivity (Wildman–Crippen MR) is 114 cm³/mol. The van der Waals surface area contributed by atoms with Gasteiger partial charge < -0.3 is 15.4 Å². The van der Waals surface area contributed by atoms with Crippen LogP contribution in [0.3, 0.4) is 0 Å². The van der Waals surface area contributed by atoms with Gasteiger partial charge in [0.2, 0.25) is 0 Å². The van der Waals surface area contributed by atoms with E-state index in [9.17, 15) is 4.79 Å². The first-order valence-electron chi connectivity index (χ1n) is 9.60. The van der Waals surface area contributed by atoms with Crippen LogP contribution in [0.5, 0.6) is 0 Å². The number of nitrogens with one attached hydrogen (secondary N) is 2. The van der Waals surface area contributed by atoms with Crippen LogP contribution in [0.4, 0.5) is 5.69 Å². The molecule has 29 heavy (non-hydrogen) atoms. The number of nitrogens with zero attached hydrogens (tertiary/aromatic N) is 3. The predicted octanol–water partition coefficient (Wildman–Crippen LogP) is 3.09. The maximum Gasteiger partial charge on any atom is 0.257 e. The van der Waals surface area contributed by atoms with Gasteiger partial charge in [0.1, 0.15) is 0 Å². The molecule has 1 saturated heterocycles. The quantitative estimate of drug-likeness (QED) is 0.762. The van der Waals surface area contributed by atoms with Crippen molar-refractivity contribution in [2.45, 2.75) is 18.9 Å². The Morgan fingerprint density at radius 2 is 2.17 bits per heavy atom. The lowest BCUT2D eigenvalue weighted by Crippen LogP contribution is -2.25. The number of hydrogen-bond donors (Lipinski definition) is 2. The van der Waals surface area contributed by atoms with E-state index in [1.165, 1.54) is 0 Å². The van der Waals surface area contributed by atoms with Gasteiger partial charge in [-0.05, 0) is 36.2 Å². The van der Waals surface area contributed by atoms with Crippen LogP contribution < -0.4 is 10.6 Å². The summed E-state index contributed by atoms with van der Waals surface area (Å²) in [5.74, 6) is 0.163. The van der Waals surface area contributed by atoms with Crippen LogP contribution in [-0.2, 0) is 4.74 Å². The number of pyridine rings is 1. The van der Waals surface area contributed by atoms with Gasteiger partial charge in [0.25, 0.3) is 5.91 Å². The van der Waals surface area contributed by atoms with Crippen molar-refractivity contribution >= 4 is 23.5 Å². The smallest absolute Gasteiger partial charge is 0.257 e.